The first kappa shape index (κ1) is 15.0. The topological polar surface area (TPSA) is 0 Å². The van der Waals surface area contributed by atoms with Gasteiger partial charge in [0.25, 0.3) is 0 Å². The highest BCUT2D eigenvalue weighted by Gasteiger charge is 2.24. The molecule has 4 aromatic carbocycles. The van der Waals surface area contributed by atoms with Gasteiger partial charge in [0.05, 0.1) is 0 Å². The molecule has 0 nitrogen and oxygen atoms in total. The summed E-state index contributed by atoms with van der Waals surface area (Å²) >= 11 is 6.11. The molecular weight excluding hydrogens is 324 g/mol. The first-order valence-corrected chi connectivity index (χ1v) is 9.38. The van der Waals surface area contributed by atoms with Crippen LogP contribution in [0.1, 0.15) is 35.4 Å². The maximum Gasteiger partial charge on any atom is 0.0406 e. The molecule has 0 heterocycles. The van der Waals surface area contributed by atoms with Gasteiger partial charge in [0.2, 0.25) is 0 Å². The van der Waals surface area contributed by atoms with Crippen molar-refractivity contribution in [1.29, 1.82) is 0 Å². The second kappa shape index (κ2) is 5.89. The number of halogens is 1. The lowest BCUT2D eigenvalue weighted by Gasteiger charge is -2.28. The second-order valence-electron chi connectivity index (χ2n) is 7.02. The maximum atomic E-state index is 6.11. The Labute approximate surface area is 153 Å². The summed E-state index contributed by atoms with van der Waals surface area (Å²) in [5, 5.41) is 6.26. The van der Waals surface area contributed by atoms with Crippen molar-refractivity contribution in [3.8, 4) is 0 Å². The van der Waals surface area contributed by atoms with Gasteiger partial charge in [-0.2, -0.15) is 0 Å². The quantitative estimate of drug-likeness (QED) is 0.323. The van der Waals surface area contributed by atoms with E-state index in [1.807, 2.05) is 12.1 Å². The molecule has 0 radical (unpaired) electrons. The highest BCUT2D eigenvalue weighted by Crippen LogP contribution is 2.42. The van der Waals surface area contributed by atoms with Crippen molar-refractivity contribution in [2.75, 3.05) is 0 Å². The molecular formula is C24H19Cl. The molecule has 1 atom stereocenters. The van der Waals surface area contributed by atoms with E-state index in [0.717, 1.165) is 5.02 Å². The molecule has 25 heavy (non-hydrogen) atoms. The van der Waals surface area contributed by atoms with Gasteiger partial charge in [-0.25, -0.2) is 0 Å². The SMILES string of the molecule is Clc1ccc(C2CCCc3ccc4c(ccc5ccccc54)c32)cc1. The number of fused-ring (bicyclic) bond motifs is 5. The van der Waals surface area contributed by atoms with E-state index in [1.54, 1.807) is 0 Å². The Morgan fingerprint density at radius 1 is 0.720 bits per heavy atom. The predicted octanol–water partition coefficient (Wildman–Crippen LogP) is 7.11. The number of hydrogen-bond donors (Lipinski definition) is 0. The molecule has 0 fully saturated rings. The third-order valence-electron chi connectivity index (χ3n) is 5.62. The monoisotopic (exact) mass is 342 g/mol. The van der Waals surface area contributed by atoms with Crippen LogP contribution in [0.3, 0.4) is 0 Å². The van der Waals surface area contributed by atoms with Gasteiger partial charge in [-0.15, -0.1) is 0 Å². The van der Waals surface area contributed by atoms with Crippen LogP contribution < -0.4 is 0 Å². The van der Waals surface area contributed by atoms with Crippen LogP contribution in [-0.2, 0) is 6.42 Å². The van der Waals surface area contributed by atoms with Gasteiger partial charge >= 0.3 is 0 Å². The maximum absolute atomic E-state index is 6.11. The van der Waals surface area contributed by atoms with E-state index in [9.17, 15) is 0 Å². The Morgan fingerprint density at radius 3 is 2.40 bits per heavy atom. The fourth-order valence-electron chi connectivity index (χ4n) is 4.46. The molecule has 0 spiro atoms. The van der Waals surface area contributed by atoms with Crippen molar-refractivity contribution in [2.24, 2.45) is 0 Å². The fraction of sp³-hybridized carbons (Fsp3) is 0.167. The first-order valence-electron chi connectivity index (χ1n) is 9.00. The standard InChI is InChI=1S/C24H19Cl/c25-19-12-8-17(9-13-19)21-7-3-5-18-11-14-22-20-6-2-1-4-16(20)10-15-23(22)24(18)21/h1-2,4,6,8-15,21H,3,5,7H2. The Balaban J connectivity index is 1.80. The van der Waals surface area contributed by atoms with Crippen LogP contribution in [0, 0.1) is 0 Å². The van der Waals surface area contributed by atoms with Crippen molar-refractivity contribution in [1.82, 2.24) is 0 Å². The smallest absolute Gasteiger partial charge is 0.0406 e. The van der Waals surface area contributed by atoms with Crippen LogP contribution >= 0.6 is 11.6 Å². The van der Waals surface area contributed by atoms with Gasteiger partial charge in [0, 0.05) is 10.9 Å². The second-order valence-corrected chi connectivity index (χ2v) is 7.45. The van der Waals surface area contributed by atoms with Crippen LogP contribution in [0.25, 0.3) is 21.5 Å². The summed E-state index contributed by atoms with van der Waals surface area (Å²) in [4.78, 5) is 0. The zero-order valence-corrected chi connectivity index (χ0v) is 14.8. The summed E-state index contributed by atoms with van der Waals surface area (Å²) in [7, 11) is 0. The van der Waals surface area contributed by atoms with Crippen LogP contribution in [0.2, 0.25) is 5.02 Å². The summed E-state index contributed by atoms with van der Waals surface area (Å²) in [6.45, 7) is 0. The van der Waals surface area contributed by atoms with Crippen LogP contribution in [0.4, 0.5) is 0 Å². The Morgan fingerprint density at radius 2 is 1.52 bits per heavy atom. The fourth-order valence-corrected chi connectivity index (χ4v) is 4.58. The predicted molar refractivity (Wildman–Crippen MR) is 108 cm³/mol. The average Bonchev–Trinajstić information content (AvgIpc) is 2.67. The number of aryl methyl sites for hydroxylation is 1. The minimum atomic E-state index is 0.464. The van der Waals surface area contributed by atoms with E-state index >= 15 is 0 Å². The van der Waals surface area contributed by atoms with Gasteiger partial charge in [-0.1, -0.05) is 72.3 Å². The molecule has 0 aromatic heterocycles. The lowest BCUT2D eigenvalue weighted by Crippen LogP contribution is -2.11. The molecule has 0 aliphatic heterocycles. The summed E-state index contributed by atoms with van der Waals surface area (Å²) in [6.07, 6.45) is 3.64. The molecule has 1 aliphatic rings. The Bertz CT molecular complexity index is 1080. The average molecular weight is 343 g/mol. The summed E-state index contributed by atoms with van der Waals surface area (Å²) in [5.74, 6) is 0.464. The lowest BCUT2D eigenvalue weighted by atomic mass is 9.76. The van der Waals surface area contributed by atoms with Crippen molar-refractivity contribution < 1.29 is 0 Å². The van der Waals surface area contributed by atoms with E-state index < -0.39 is 0 Å². The molecule has 0 saturated carbocycles. The van der Waals surface area contributed by atoms with Crippen molar-refractivity contribution >= 4 is 33.1 Å². The zero-order valence-electron chi connectivity index (χ0n) is 14.0. The van der Waals surface area contributed by atoms with Crippen LogP contribution in [0.15, 0.2) is 72.8 Å². The van der Waals surface area contributed by atoms with Gasteiger partial charge in [0.15, 0.2) is 0 Å². The number of benzene rings is 4. The highest BCUT2D eigenvalue weighted by atomic mass is 35.5. The minimum absolute atomic E-state index is 0.464. The first-order chi connectivity index (χ1) is 12.3. The third-order valence-corrected chi connectivity index (χ3v) is 5.87. The van der Waals surface area contributed by atoms with Gasteiger partial charge in [-0.3, -0.25) is 0 Å². The molecule has 0 N–H and O–H groups in total. The van der Waals surface area contributed by atoms with Crippen molar-refractivity contribution in [2.45, 2.75) is 25.2 Å². The Kier molecular flexibility index (Phi) is 3.53. The normalized spacial score (nSPS) is 16.9. The van der Waals surface area contributed by atoms with Crippen LogP contribution in [-0.4, -0.2) is 0 Å². The van der Waals surface area contributed by atoms with E-state index in [1.165, 1.54) is 57.5 Å². The molecule has 1 unspecified atom stereocenters. The molecule has 1 aliphatic carbocycles. The van der Waals surface area contributed by atoms with Gasteiger partial charge < -0.3 is 0 Å². The molecule has 4 aromatic rings. The molecule has 122 valence electrons. The van der Waals surface area contributed by atoms with Crippen molar-refractivity contribution in [3.63, 3.8) is 0 Å². The van der Waals surface area contributed by atoms with Crippen molar-refractivity contribution in [3.05, 3.63) is 94.5 Å². The largest absolute Gasteiger partial charge is 0.0843 e. The number of rotatable bonds is 1. The van der Waals surface area contributed by atoms with E-state index in [4.69, 9.17) is 11.6 Å². The molecule has 5 rings (SSSR count). The minimum Gasteiger partial charge on any atom is -0.0843 e. The van der Waals surface area contributed by atoms with Gasteiger partial charge in [0.1, 0.15) is 0 Å². The van der Waals surface area contributed by atoms with E-state index in [-0.39, 0.29) is 0 Å². The zero-order chi connectivity index (χ0) is 16.8. The van der Waals surface area contributed by atoms with E-state index in [0.29, 0.717) is 5.92 Å². The molecule has 0 bridgehead atoms. The third kappa shape index (κ3) is 2.44. The molecule has 0 amide bonds. The van der Waals surface area contributed by atoms with E-state index in [2.05, 4.69) is 60.7 Å². The molecule has 1 heteroatoms. The number of hydrogen-bond acceptors (Lipinski definition) is 0. The highest BCUT2D eigenvalue weighted by molar-refractivity contribution is 6.30. The van der Waals surface area contributed by atoms with Gasteiger partial charge in [-0.05, 0) is 69.6 Å². The lowest BCUT2D eigenvalue weighted by molar-refractivity contribution is 0.620. The van der Waals surface area contributed by atoms with Crippen LogP contribution in [0.5, 0.6) is 0 Å². The summed E-state index contributed by atoms with van der Waals surface area (Å²) < 4.78 is 0. The summed E-state index contributed by atoms with van der Waals surface area (Å²) in [5.41, 5.74) is 4.41. The summed E-state index contributed by atoms with van der Waals surface area (Å²) in [6, 6.07) is 26.4. The molecule has 0 saturated heterocycles. The Hall–Kier alpha value is -2.31.